The normalized spacial score (nSPS) is 11.4. The number of nitrogens with zero attached hydrogens (tertiary/aromatic N) is 2. The van der Waals surface area contributed by atoms with Crippen molar-refractivity contribution in [2.24, 2.45) is 11.1 Å². The van der Waals surface area contributed by atoms with E-state index in [1.807, 2.05) is 0 Å². The van der Waals surface area contributed by atoms with Crippen molar-refractivity contribution < 1.29 is 23.8 Å². The minimum Gasteiger partial charge on any atom is -0.508 e. The highest BCUT2D eigenvalue weighted by Gasteiger charge is 2.24. The lowest BCUT2D eigenvalue weighted by atomic mass is 9.87. The summed E-state index contributed by atoms with van der Waals surface area (Å²) in [5.74, 6) is 0.406. The number of primary amides is 1. The van der Waals surface area contributed by atoms with Crippen LogP contribution in [0.25, 0.3) is 10.9 Å². The van der Waals surface area contributed by atoms with Crippen molar-refractivity contribution >= 4 is 28.3 Å². The number of amides is 1. The maximum absolute atomic E-state index is 14.3. The molecule has 0 bridgehead atoms. The second-order valence-corrected chi connectivity index (χ2v) is 8.13. The molecule has 2 aromatic carbocycles. The number of anilines is 2. The summed E-state index contributed by atoms with van der Waals surface area (Å²) in [7, 11) is 1.51. The van der Waals surface area contributed by atoms with Gasteiger partial charge in [-0.1, -0.05) is 13.8 Å². The maximum atomic E-state index is 14.3. The zero-order chi connectivity index (χ0) is 23.5. The third-order valence-corrected chi connectivity index (χ3v) is 5.42. The number of rotatable bonds is 9. The largest absolute Gasteiger partial charge is 0.508 e. The molecular weight excluding hydrogens is 415 g/mol. The lowest BCUT2D eigenvalue weighted by Crippen LogP contribution is -2.31. The molecule has 4 N–H and O–H groups in total. The molecule has 0 aliphatic heterocycles. The predicted molar refractivity (Wildman–Crippen MR) is 120 cm³/mol. The third-order valence-electron chi connectivity index (χ3n) is 5.42. The number of phenolic OH excluding ortho intramolecular Hbond substituents is 1. The van der Waals surface area contributed by atoms with Gasteiger partial charge in [-0.2, -0.15) is 0 Å². The molecule has 0 aliphatic rings. The van der Waals surface area contributed by atoms with Crippen LogP contribution >= 0.6 is 0 Å². The Morgan fingerprint density at radius 2 is 2.00 bits per heavy atom. The van der Waals surface area contributed by atoms with Crippen LogP contribution in [-0.2, 0) is 4.79 Å². The molecule has 170 valence electrons. The summed E-state index contributed by atoms with van der Waals surface area (Å²) >= 11 is 0. The van der Waals surface area contributed by atoms with Gasteiger partial charge in [-0.3, -0.25) is 4.79 Å². The number of nitrogens with two attached hydrogens (primary N) is 1. The van der Waals surface area contributed by atoms with E-state index < -0.39 is 11.2 Å². The van der Waals surface area contributed by atoms with E-state index in [4.69, 9.17) is 15.2 Å². The molecule has 0 spiro atoms. The summed E-state index contributed by atoms with van der Waals surface area (Å²) in [6, 6.07) is 5.90. The van der Waals surface area contributed by atoms with Crippen LogP contribution in [0.2, 0.25) is 0 Å². The first kappa shape index (κ1) is 23.1. The molecule has 0 saturated heterocycles. The fourth-order valence-corrected chi connectivity index (χ4v) is 3.19. The number of benzene rings is 2. The fourth-order valence-electron chi connectivity index (χ4n) is 3.19. The SMILES string of the molecule is COc1cc2c(Nc3c(F)ccc(O)c3C)ncnc2cc1OCCCC(C)(C)C(N)=O. The lowest BCUT2D eigenvalue weighted by molar-refractivity contribution is -0.126. The summed E-state index contributed by atoms with van der Waals surface area (Å²) in [6.07, 6.45) is 2.57. The number of halogens is 1. The molecule has 1 amide bonds. The molecule has 0 aliphatic carbocycles. The van der Waals surface area contributed by atoms with Crippen LogP contribution in [0.5, 0.6) is 17.2 Å². The van der Waals surface area contributed by atoms with Crippen LogP contribution in [0.15, 0.2) is 30.6 Å². The highest BCUT2D eigenvalue weighted by molar-refractivity contribution is 5.93. The van der Waals surface area contributed by atoms with Gasteiger partial charge >= 0.3 is 0 Å². The van der Waals surface area contributed by atoms with Crippen LogP contribution in [0.1, 0.15) is 32.3 Å². The smallest absolute Gasteiger partial charge is 0.223 e. The quantitative estimate of drug-likeness (QED) is 0.425. The van der Waals surface area contributed by atoms with E-state index in [0.717, 1.165) is 0 Å². The van der Waals surface area contributed by atoms with Crippen LogP contribution in [0, 0.1) is 18.2 Å². The zero-order valence-corrected chi connectivity index (χ0v) is 18.5. The van der Waals surface area contributed by atoms with Crippen molar-refractivity contribution in [3.8, 4) is 17.2 Å². The number of aromatic hydroxyl groups is 1. The van der Waals surface area contributed by atoms with Crippen molar-refractivity contribution in [3.05, 3.63) is 42.0 Å². The Balaban J connectivity index is 1.86. The molecule has 0 unspecified atom stereocenters. The van der Waals surface area contributed by atoms with Gasteiger partial charge in [-0.25, -0.2) is 14.4 Å². The van der Waals surface area contributed by atoms with Gasteiger partial charge in [0.15, 0.2) is 11.5 Å². The molecule has 0 atom stereocenters. The molecule has 0 radical (unpaired) electrons. The van der Waals surface area contributed by atoms with Crippen molar-refractivity contribution in [2.45, 2.75) is 33.6 Å². The van der Waals surface area contributed by atoms with E-state index in [0.29, 0.717) is 53.2 Å². The van der Waals surface area contributed by atoms with E-state index in [1.165, 1.54) is 25.6 Å². The Kier molecular flexibility index (Phi) is 6.67. The lowest BCUT2D eigenvalue weighted by Gasteiger charge is -2.20. The van der Waals surface area contributed by atoms with Gasteiger partial charge in [0, 0.05) is 22.4 Å². The molecular formula is C23H27FN4O4. The Labute approximate surface area is 185 Å². The highest BCUT2D eigenvalue weighted by Crippen LogP contribution is 2.36. The van der Waals surface area contributed by atoms with Crippen molar-refractivity contribution in [1.29, 1.82) is 0 Å². The first-order valence-electron chi connectivity index (χ1n) is 10.1. The van der Waals surface area contributed by atoms with Gasteiger partial charge in [0.2, 0.25) is 5.91 Å². The van der Waals surface area contributed by atoms with Gasteiger partial charge in [0.1, 0.15) is 23.7 Å². The van der Waals surface area contributed by atoms with Crippen LogP contribution < -0.4 is 20.5 Å². The Morgan fingerprint density at radius 3 is 2.69 bits per heavy atom. The highest BCUT2D eigenvalue weighted by atomic mass is 19.1. The van der Waals surface area contributed by atoms with E-state index in [2.05, 4.69) is 15.3 Å². The van der Waals surface area contributed by atoms with Gasteiger partial charge in [0.25, 0.3) is 0 Å². The van der Waals surface area contributed by atoms with Crippen LogP contribution in [0.4, 0.5) is 15.9 Å². The third kappa shape index (κ3) is 4.82. The van der Waals surface area contributed by atoms with Gasteiger partial charge < -0.3 is 25.6 Å². The van der Waals surface area contributed by atoms with E-state index in [9.17, 15) is 14.3 Å². The van der Waals surface area contributed by atoms with Crippen LogP contribution in [0.3, 0.4) is 0 Å². The monoisotopic (exact) mass is 442 g/mol. The molecule has 3 rings (SSSR count). The number of hydrogen-bond acceptors (Lipinski definition) is 7. The maximum Gasteiger partial charge on any atom is 0.223 e. The van der Waals surface area contributed by atoms with Crippen molar-refractivity contribution in [3.63, 3.8) is 0 Å². The van der Waals surface area contributed by atoms with E-state index in [-0.39, 0.29) is 17.3 Å². The van der Waals surface area contributed by atoms with E-state index >= 15 is 0 Å². The number of nitrogens with one attached hydrogen (secondary N) is 1. The Hall–Kier alpha value is -3.62. The van der Waals surface area contributed by atoms with Crippen molar-refractivity contribution in [1.82, 2.24) is 9.97 Å². The number of fused-ring (bicyclic) bond motifs is 1. The Morgan fingerprint density at radius 1 is 1.25 bits per heavy atom. The molecule has 0 fully saturated rings. The molecule has 32 heavy (non-hydrogen) atoms. The van der Waals surface area contributed by atoms with Crippen LogP contribution in [-0.4, -0.2) is 34.7 Å². The summed E-state index contributed by atoms with van der Waals surface area (Å²) in [6.45, 7) is 5.57. The number of carbonyl (C=O) groups is 1. The summed E-state index contributed by atoms with van der Waals surface area (Å²) in [4.78, 5) is 20.0. The summed E-state index contributed by atoms with van der Waals surface area (Å²) in [5.41, 5.74) is 5.86. The topological polar surface area (TPSA) is 120 Å². The first-order valence-corrected chi connectivity index (χ1v) is 10.1. The zero-order valence-electron chi connectivity index (χ0n) is 18.5. The first-order chi connectivity index (χ1) is 15.1. The average Bonchev–Trinajstić information content (AvgIpc) is 2.76. The summed E-state index contributed by atoms with van der Waals surface area (Å²) < 4.78 is 25.7. The number of carbonyl (C=O) groups excluding carboxylic acids is 1. The molecule has 0 saturated carbocycles. The van der Waals surface area contributed by atoms with Gasteiger partial charge in [-0.15, -0.1) is 0 Å². The number of hydrogen-bond donors (Lipinski definition) is 3. The summed E-state index contributed by atoms with van der Waals surface area (Å²) in [5, 5.41) is 13.5. The number of aromatic nitrogens is 2. The minimum absolute atomic E-state index is 0.0277. The predicted octanol–water partition coefficient (Wildman–Crippen LogP) is 4.21. The van der Waals surface area contributed by atoms with E-state index in [1.54, 1.807) is 32.9 Å². The van der Waals surface area contributed by atoms with Crippen molar-refractivity contribution in [2.75, 3.05) is 19.0 Å². The number of ether oxygens (including phenoxy) is 2. The second kappa shape index (κ2) is 9.25. The molecule has 1 heterocycles. The molecule has 1 aromatic heterocycles. The van der Waals surface area contributed by atoms with Gasteiger partial charge in [-0.05, 0) is 38.0 Å². The standard InChI is InChI=1S/C23H27FN4O4/c1-13-17(29)7-6-15(24)20(13)28-21-14-10-18(31-4)19(11-16(14)26-12-27-21)32-9-5-8-23(2,3)22(25)30/h6-7,10-12,29H,5,8-9H2,1-4H3,(H2,25,30)(H,26,27,28). The average molecular weight is 442 g/mol. The molecule has 9 heteroatoms. The van der Waals surface area contributed by atoms with Gasteiger partial charge in [0.05, 0.1) is 24.9 Å². The minimum atomic E-state index is -0.607. The molecule has 3 aromatic rings. The number of methoxy groups -OCH3 is 1. The fraction of sp³-hybridized carbons (Fsp3) is 0.348. The number of phenols is 1. The Bertz CT molecular complexity index is 1150. The second-order valence-electron chi connectivity index (χ2n) is 8.13. The molecule has 8 nitrogen and oxygen atoms in total.